The van der Waals surface area contributed by atoms with Gasteiger partial charge < -0.3 is 11.4 Å². The SMILES string of the molecule is FC(F)(F)C(F)(F)C(F)(F)C(F)(F)[O][Al]([O]C(F)(F)C(F)(F)C(F)(F)C(F)(F)F)[O]C(F)(F)C(F)(F)C(F)(F)C(F)(F)F. The molecule has 0 spiro atoms. The lowest BCUT2D eigenvalue weighted by Crippen LogP contribution is -2.67. The molecule has 3 nitrogen and oxygen atoms in total. The third kappa shape index (κ3) is 6.73. The zero-order valence-electron chi connectivity index (χ0n) is 18.0. The Morgan fingerprint density at radius 1 is 0.233 bits per heavy atom. The molecule has 0 aliphatic heterocycles. The van der Waals surface area contributed by atoms with Crippen LogP contribution in [0.3, 0.4) is 0 Å². The second-order valence-corrected chi connectivity index (χ2v) is 8.42. The predicted octanol–water partition coefficient (Wildman–Crippen LogP) is 8.30. The van der Waals surface area contributed by atoms with Crippen LogP contribution in [0.25, 0.3) is 0 Å². The molecular formula is C12AlF27O3. The third-order valence-electron chi connectivity index (χ3n) is 4.08. The van der Waals surface area contributed by atoms with Gasteiger partial charge in [-0.05, 0) is 0 Å². The van der Waals surface area contributed by atoms with E-state index in [9.17, 15) is 119 Å². The largest absolute Gasteiger partial charge is 0.918 e. The van der Waals surface area contributed by atoms with E-state index in [4.69, 9.17) is 0 Å². The summed E-state index contributed by atoms with van der Waals surface area (Å²) in [5.41, 5.74) is 0. The average molecular weight is 732 g/mol. The maximum atomic E-state index is 13.5. The number of alkyl halides is 27. The first-order valence-corrected chi connectivity index (χ1v) is 10.1. The van der Waals surface area contributed by atoms with Crippen LogP contribution in [0.15, 0.2) is 0 Å². The summed E-state index contributed by atoms with van der Waals surface area (Å²) in [6.45, 7) is 0. The van der Waals surface area contributed by atoms with Crippen LogP contribution in [-0.2, 0) is 11.4 Å². The van der Waals surface area contributed by atoms with Crippen molar-refractivity contribution in [1.82, 2.24) is 0 Å². The van der Waals surface area contributed by atoms with Gasteiger partial charge in [0.1, 0.15) is 0 Å². The van der Waals surface area contributed by atoms with Crippen molar-refractivity contribution < 1.29 is 130 Å². The maximum Gasteiger partial charge on any atom is 0.918 e. The molecule has 0 radical (unpaired) electrons. The third-order valence-corrected chi connectivity index (χ3v) is 5.55. The van der Waals surface area contributed by atoms with Gasteiger partial charge in [-0.15, -0.1) is 0 Å². The summed E-state index contributed by atoms with van der Waals surface area (Å²) in [5, 5.41) is 0. The van der Waals surface area contributed by atoms with Gasteiger partial charge in [0.05, 0.1) is 0 Å². The predicted molar refractivity (Wildman–Crippen MR) is 71.7 cm³/mol. The Labute approximate surface area is 218 Å². The molecule has 0 saturated carbocycles. The molecule has 31 heteroatoms. The Morgan fingerprint density at radius 2 is 0.372 bits per heavy atom. The van der Waals surface area contributed by atoms with E-state index in [-0.39, 0.29) is 0 Å². The highest BCUT2D eigenvalue weighted by atomic mass is 27.3. The van der Waals surface area contributed by atoms with Crippen molar-refractivity contribution in [2.75, 3.05) is 0 Å². The highest BCUT2D eigenvalue weighted by molar-refractivity contribution is 6.36. The number of hydrogen-bond donors (Lipinski definition) is 0. The minimum absolute atomic E-state index is 1.60. The van der Waals surface area contributed by atoms with Gasteiger partial charge in [0.15, 0.2) is 0 Å². The van der Waals surface area contributed by atoms with Crippen LogP contribution in [0.4, 0.5) is 119 Å². The number of hydrogen-bond acceptors (Lipinski definition) is 3. The van der Waals surface area contributed by atoms with Crippen LogP contribution in [0.1, 0.15) is 0 Å². The monoisotopic (exact) mass is 732 g/mol. The van der Waals surface area contributed by atoms with Crippen molar-refractivity contribution in [3.05, 3.63) is 0 Å². The fraction of sp³-hybridized carbons (Fsp3) is 1.00. The highest BCUT2D eigenvalue weighted by Gasteiger charge is 2.88. The lowest BCUT2D eigenvalue weighted by atomic mass is 10.1. The number of halogens is 27. The first-order chi connectivity index (χ1) is 18.0. The smallest absolute Gasteiger partial charge is 0.393 e. The molecule has 258 valence electrons. The van der Waals surface area contributed by atoms with Crippen LogP contribution >= 0.6 is 0 Å². The maximum absolute atomic E-state index is 13.5. The molecule has 0 amide bonds. The molecule has 0 bridgehead atoms. The Morgan fingerprint density at radius 3 is 0.488 bits per heavy atom. The van der Waals surface area contributed by atoms with E-state index in [0.29, 0.717) is 0 Å². The number of rotatable bonds is 12. The quantitative estimate of drug-likeness (QED) is 0.149. The van der Waals surface area contributed by atoms with Crippen molar-refractivity contribution in [2.24, 2.45) is 0 Å². The Hall–Kier alpha value is -1.48. The van der Waals surface area contributed by atoms with Crippen LogP contribution in [-0.4, -0.2) is 87.5 Å². The highest BCUT2D eigenvalue weighted by Crippen LogP contribution is 2.57. The molecule has 0 aromatic heterocycles. The van der Waals surface area contributed by atoms with Gasteiger partial charge in [-0.25, -0.2) is 0 Å². The van der Waals surface area contributed by atoms with Crippen LogP contribution in [0, 0.1) is 0 Å². The average Bonchev–Trinajstić information content (AvgIpc) is 2.69. The molecule has 0 fully saturated rings. The summed E-state index contributed by atoms with van der Waals surface area (Å²) in [6, 6.07) is 0. The molecule has 0 saturated heterocycles. The molecule has 43 heavy (non-hydrogen) atoms. The topological polar surface area (TPSA) is 27.7 Å². The van der Waals surface area contributed by atoms with E-state index < -0.39 is 87.5 Å². The summed E-state index contributed by atoms with van der Waals surface area (Å²) < 4.78 is 350. The first kappa shape index (κ1) is 41.5. The molecule has 0 rings (SSSR count). The van der Waals surface area contributed by atoms with Gasteiger partial charge in [0.25, 0.3) is 0 Å². The Kier molecular flexibility index (Phi) is 10.4. The Bertz CT molecular complexity index is 850. The molecule has 0 heterocycles. The van der Waals surface area contributed by atoms with E-state index >= 15 is 0 Å². The van der Waals surface area contributed by atoms with Gasteiger partial charge >= 0.3 is 87.5 Å². The van der Waals surface area contributed by atoms with Crippen LogP contribution in [0.2, 0.25) is 0 Å². The van der Waals surface area contributed by atoms with E-state index in [2.05, 4.69) is 0 Å². The summed E-state index contributed by atoms with van der Waals surface area (Å²) >= 11 is -8.58. The summed E-state index contributed by atoms with van der Waals surface area (Å²) in [7, 11) is 0. The van der Waals surface area contributed by atoms with Gasteiger partial charge in [0, 0.05) is 0 Å². The van der Waals surface area contributed by atoms with Gasteiger partial charge in [0.2, 0.25) is 0 Å². The second kappa shape index (κ2) is 10.8. The van der Waals surface area contributed by atoms with Gasteiger partial charge in [-0.2, -0.15) is 119 Å². The first-order valence-electron chi connectivity index (χ1n) is 8.67. The molecule has 0 unspecified atom stereocenters. The molecule has 0 aliphatic rings. The van der Waals surface area contributed by atoms with E-state index in [0.717, 1.165) is 0 Å². The van der Waals surface area contributed by atoms with Crippen LogP contribution in [0.5, 0.6) is 0 Å². The molecule has 0 aromatic carbocycles. The summed E-state index contributed by atoms with van der Waals surface area (Å²) in [4.78, 5) is 0. The van der Waals surface area contributed by atoms with Crippen molar-refractivity contribution >= 4 is 15.1 Å². The van der Waals surface area contributed by atoms with E-state index in [1.165, 1.54) is 0 Å². The van der Waals surface area contributed by atoms with Crippen molar-refractivity contribution in [3.8, 4) is 0 Å². The fourth-order valence-electron chi connectivity index (χ4n) is 1.74. The lowest BCUT2D eigenvalue weighted by molar-refractivity contribution is -0.458. The Balaban J connectivity index is 7.23. The molecule has 0 aliphatic carbocycles. The normalized spacial score (nSPS) is 16.5. The fourth-order valence-corrected chi connectivity index (χ4v) is 3.05. The minimum Gasteiger partial charge on any atom is -0.393 e. The summed E-state index contributed by atoms with van der Waals surface area (Å²) in [5.74, 6) is -50.5. The van der Waals surface area contributed by atoms with Crippen LogP contribution < -0.4 is 0 Å². The standard InChI is InChI=1S/3C4F9O.Al/c3*5-1(6,3(9,10)11)2(7,8)4(12,13)14;/q3*-1;+3. The molecular weight excluding hydrogens is 732 g/mol. The van der Waals surface area contributed by atoms with E-state index in [1.54, 1.807) is 11.4 Å². The van der Waals surface area contributed by atoms with Gasteiger partial charge in [-0.1, -0.05) is 0 Å². The minimum atomic E-state index is -8.58. The van der Waals surface area contributed by atoms with Crippen molar-refractivity contribution in [3.63, 3.8) is 0 Å². The lowest BCUT2D eigenvalue weighted by Gasteiger charge is -2.38. The summed E-state index contributed by atoms with van der Waals surface area (Å²) in [6.07, 6.45) is -48.8. The molecule has 0 aromatic rings. The zero-order valence-corrected chi connectivity index (χ0v) is 19.2. The van der Waals surface area contributed by atoms with Gasteiger partial charge in [-0.3, -0.25) is 0 Å². The van der Waals surface area contributed by atoms with E-state index in [1.807, 2.05) is 0 Å². The molecule has 0 N–H and O–H groups in total. The van der Waals surface area contributed by atoms with Crippen molar-refractivity contribution in [1.29, 1.82) is 0 Å². The zero-order chi connectivity index (χ0) is 35.7. The second-order valence-electron chi connectivity index (χ2n) is 7.13. The van der Waals surface area contributed by atoms with Crippen molar-refractivity contribution in [2.45, 2.75) is 72.4 Å². The molecule has 0 atom stereocenters.